The number of anilines is 3. The average Bonchev–Trinajstić information content (AvgIpc) is 3.02. The average molecular weight is 665 g/mol. The van der Waals surface area contributed by atoms with E-state index in [1.54, 1.807) is 39.0 Å². The van der Waals surface area contributed by atoms with Gasteiger partial charge in [0.1, 0.15) is 17.1 Å². The Labute approximate surface area is 280 Å². The highest BCUT2D eigenvalue weighted by Gasteiger charge is 2.26. The van der Waals surface area contributed by atoms with E-state index < -0.39 is 29.4 Å². The SMILES string of the molecule is CCOc1nc2nc(n1)Nc1ccc(C(=O)NCC(CC(=O)OC(C)(C)C)C(=O)O)c(c1)OCCCCCCOc1ccc(cc1)CN2. The first-order chi connectivity index (χ1) is 23.0. The molecular formula is C34H44N6O8. The molecule has 1 amide bonds. The second kappa shape index (κ2) is 17.1. The fourth-order valence-electron chi connectivity index (χ4n) is 4.68. The molecule has 0 radical (unpaired) electrons. The van der Waals surface area contributed by atoms with E-state index in [2.05, 4.69) is 30.9 Å². The van der Waals surface area contributed by atoms with Gasteiger partial charge < -0.3 is 40.0 Å². The maximum absolute atomic E-state index is 13.3. The van der Waals surface area contributed by atoms with E-state index in [9.17, 15) is 19.5 Å². The minimum absolute atomic E-state index is 0.131. The van der Waals surface area contributed by atoms with Gasteiger partial charge in [-0.2, -0.15) is 15.0 Å². The molecule has 3 aromatic rings. The lowest BCUT2D eigenvalue weighted by atomic mass is 10.1. The van der Waals surface area contributed by atoms with Crippen LogP contribution in [0.25, 0.3) is 0 Å². The lowest BCUT2D eigenvalue weighted by Gasteiger charge is -2.21. The van der Waals surface area contributed by atoms with Gasteiger partial charge in [-0.1, -0.05) is 12.1 Å². The molecule has 1 unspecified atom stereocenters. The Kier molecular flexibility index (Phi) is 12.7. The summed E-state index contributed by atoms with van der Waals surface area (Å²) in [6, 6.07) is 12.8. The Morgan fingerprint density at radius 1 is 0.958 bits per heavy atom. The highest BCUT2D eigenvalue weighted by Crippen LogP contribution is 2.27. The number of amides is 1. The van der Waals surface area contributed by atoms with Crippen LogP contribution in [0.3, 0.4) is 0 Å². The summed E-state index contributed by atoms with van der Waals surface area (Å²) < 4.78 is 22.8. The van der Waals surface area contributed by atoms with Gasteiger partial charge in [0.2, 0.25) is 11.9 Å². The number of nitrogens with one attached hydrogen (secondary N) is 3. The van der Waals surface area contributed by atoms with Crippen molar-refractivity contribution in [1.82, 2.24) is 20.3 Å². The standard InChI is InChI=1S/C34H44N6O8/c1-5-45-33-39-31-36-20-22-10-13-25(14-11-22)46-16-8-6-7-9-17-47-27-19-24(37-32(38-31)40-33)12-15-26(27)29(42)35-21-23(30(43)44)18-28(41)48-34(2,3)4/h10-15,19,23H,5-9,16-18,20-21H2,1-4H3,(H,35,42)(H,43,44)(H2,36,37,38,39,40). The molecule has 6 bridgehead atoms. The number of esters is 1. The van der Waals surface area contributed by atoms with Crippen LogP contribution in [0.2, 0.25) is 0 Å². The van der Waals surface area contributed by atoms with E-state index in [0.29, 0.717) is 38.0 Å². The molecule has 5 rings (SSSR count). The Hall–Kier alpha value is -5.14. The minimum atomic E-state index is -1.22. The number of nitrogens with zero attached hydrogens (tertiary/aromatic N) is 3. The quantitative estimate of drug-likeness (QED) is 0.233. The summed E-state index contributed by atoms with van der Waals surface area (Å²) in [7, 11) is 0. The molecule has 0 saturated carbocycles. The second-order valence-corrected chi connectivity index (χ2v) is 12.2. The molecule has 3 heterocycles. The first kappa shape index (κ1) is 35.7. The van der Waals surface area contributed by atoms with Gasteiger partial charge >= 0.3 is 17.9 Å². The van der Waals surface area contributed by atoms with Crippen LogP contribution in [0.1, 0.15) is 75.7 Å². The Morgan fingerprint density at radius 3 is 2.35 bits per heavy atom. The third kappa shape index (κ3) is 11.6. The van der Waals surface area contributed by atoms with Crippen molar-refractivity contribution in [3.8, 4) is 17.5 Å². The van der Waals surface area contributed by atoms with Crippen molar-refractivity contribution < 1.29 is 38.4 Å². The summed E-state index contributed by atoms with van der Waals surface area (Å²) in [5.41, 5.74) is 0.986. The highest BCUT2D eigenvalue weighted by molar-refractivity contribution is 5.97. The molecule has 0 aliphatic carbocycles. The molecule has 1 aromatic heterocycles. The molecule has 14 nitrogen and oxygen atoms in total. The summed E-state index contributed by atoms with van der Waals surface area (Å²) >= 11 is 0. The zero-order valence-corrected chi connectivity index (χ0v) is 27.8. The molecule has 0 fully saturated rings. The number of aliphatic carboxylic acids is 1. The van der Waals surface area contributed by atoms with Crippen molar-refractivity contribution in [3.63, 3.8) is 0 Å². The molecule has 4 N–H and O–H groups in total. The summed E-state index contributed by atoms with van der Waals surface area (Å²) in [6.45, 7) is 8.39. The van der Waals surface area contributed by atoms with Crippen LogP contribution in [0.4, 0.5) is 17.6 Å². The number of carbonyl (C=O) groups excluding carboxylic acids is 2. The van der Waals surface area contributed by atoms with Gasteiger partial charge in [-0.25, -0.2) is 0 Å². The van der Waals surface area contributed by atoms with Crippen LogP contribution in [-0.4, -0.2) is 69.9 Å². The number of hydrogen-bond acceptors (Lipinski definition) is 12. The van der Waals surface area contributed by atoms with E-state index in [-0.39, 0.29) is 36.2 Å². The second-order valence-electron chi connectivity index (χ2n) is 12.2. The summed E-state index contributed by atoms with van der Waals surface area (Å²) in [5.74, 6) is -2.02. The Balaban J connectivity index is 1.55. The van der Waals surface area contributed by atoms with Gasteiger partial charge in [-0.15, -0.1) is 0 Å². The monoisotopic (exact) mass is 664 g/mol. The summed E-state index contributed by atoms with van der Waals surface area (Å²) in [5, 5.41) is 18.7. The van der Waals surface area contributed by atoms with Gasteiger partial charge in [0.25, 0.3) is 5.91 Å². The molecule has 14 heteroatoms. The van der Waals surface area contributed by atoms with Crippen molar-refractivity contribution in [1.29, 1.82) is 0 Å². The normalized spacial score (nSPS) is 14.4. The number of ether oxygens (including phenoxy) is 4. The smallest absolute Gasteiger partial charge is 0.323 e. The summed E-state index contributed by atoms with van der Waals surface area (Å²) in [6.07, 6.45) is 3.07. The zero-order valence-electron chi connectivity index (χ0n) is 27.8. The van der Waals surface area contributed by atoms with Crippen LogP contribution >= 0.6 is 0 Å². The van der Waals surface area contributed by atoms with Crippen LogP contribution < -0.4 is 30.2 Å². The fourth-order valence-corrected chi connectivity index (χ4v) is 4.68. The van der Waals surface area contributed by atoms with E-state index in [4.69, 9.17) is 18.9 Å². The molecule has 0 spiro atoms. The molecule has 2 aliphatic rings. The first-order valence-corrected chi connectivity index (χ1v) is 16.1. The number of aromatic nitrogens is 3. The largest absolute Gasteiger partial charge is 0.494 e. The lowest BCUT2D eigenvalue weighted by molar-refractivity contribution is -0.159. The van der Waals surface area contributed by atoms with Gasteiger partial charge in [-0.05, 0) is 83.2 Å². The number of hydrogen-bond donors (Lipinski definition) is 4. The van der Waals surface area contributed by atoms with E-state index in [1.165, 1.54) is 0 Å². The number of carboxylic acids is 1. The Morgan fingerprint density at radius 2 is 1.67 bits per heavy atom. The van der Waals surface area contributed by atoms with Crippen molar-refractivity contribution >= 4 is 35.4 Å². The van der Waals surface area contributed by atoms with Crippen molar-refractivity contribution in [3.05, 3.63) is 53.6 Å². The summed E-state index contributed by atoms with van der Waals surface area (Å²) in [4.78, 5) is 50.7. The van der Waals surface area contributed by atoms with Crippen LogP contribution in [0.5, 0.6) is 17.5 Å². The zero-order chi connectivity index (χ0) is 34.5. The number of rotatable bonds is 8. The van der Waals surface area contributed by atoms with Crippen molar-refractivity contribution in [2.75, 3.05) is 37.0 Å². The molecule has 258 valence electrons. The molecule has 2 aromatic carbocycles. The number of benzene rings is 2. The number of carbonyl (C=O) groups is 3. The van der Waals surface area contributed by atoms with Gasteiger partial charge in [0.05, 0.1) is 37.7 Å². The van der Waals surface area contributed by atoms with Crippen LogP contribution in [0.15, 0.2) is 42.5 Å². The molecule has 2 aliphatic heterocycles. The predicted octanol–water partition coefficient (Wildman–Crippen LogP) is 5.12. The highest BCUT2D eigenvalue weighted by atomic mass is 16.6. The first-order valence-electron chi connectivity index (χ1n) is 16.1. The van der Waals surface area contributed by atoms with Crippen molar-refractivity contribution in [2.24, 2.45) is 5.92 Å². The predicted molar refractivity (Wildman–Crippen MR) is 178 cm³/mol. The maximum Gasteiger partial charge on any atom is 0.323 e. The minimum Gasteiger partial charge on any atom is -0.494 e. The number of carboxylic acid groups (broad SMARTS) is 1. The van der Waals surface area contributed by atoms with E-state index >= 15 is 0 Å². The van der Waals surface area contributed by atoms with Crippen LogP contribution in [-0.2, 0) is 20.9 Å². The van der Waals surface area contributed by atoms with E-state index in [1.807, 2.05) is 31.2 Å². The molecule has 48 heavy (non-hydrogen) atoms. The molecular weight excluding hydrogens is 620 g/mol. The van der Waals surface area contributed by atoms with Gasteiger partial charge in [0, 0.05) is 24.8 Å². The lowest BCUT2D eigenvalue weighted by Crippen LogP contribution is -2.35. The van der Waals surface area contributed by atoms with Crippen LogP contribution in [0, 0.1) is 5.92 Å². The Bertz CT molecular complexity index is 1540. The third-order valence-electron chi connectivity index (χ3n) is 7.00. The van der Waals surface area contributed by atoms with Gasteiger partial charge in [0.15, 0.2) is 0 Å². The number of fused-ring (bicyclic) bond motifs is 10. The van der Waals surface area contributed by atoms with Crippen molar-refractivity contribution in [2.45, 2.75) is 71.9 Å². The topological polar surface area (TPSA) is 183 Å². The fraction of sp³-hybridized carbons (Fsp3) is 0.471. The third-order valence-corrected chi connectivity index (χ3v) is 7.00. The van der Waals surface area contributed by atoms with Gasteiger partial charge in [-0.3, -0.25) is 14.4 Å². The van der Waals surface area contributed by atoms with E-state index in [0.717, 1.165) is 37.0 Å². The molecule has 1 atom stereocenters. The molecule has 0 saturated heterocycles. The maximum atomic E-state index is 13.3.